The number of hydrogen-bond donors (Lipinski definition) is 0. The third-order valence-electron chi connectivity index (χ3n) is 4.22. The molecule has 0 aliphatic carbocycles. The molecule has 2 aromatic carbocycles. The van der Waals surface area contributed by atoms with Crippen LogP contribution in [0.3, 0.4) is 0 Å². The first-order chi connectivity index (χ1) is 11.1. The average Bonchev–Trinajstić information content (AvgIpc) is 3.04. The summed E-state index contributed by atoms with van der Waals surface area (Å²) in [6, 6.07) is 15.6. The van der Waals surface area contributed by atoms with E-state index in [2.05, 4.69) is 69.1 Å². The molecule has 0 spiro atoms. The van der Waals surface area contributed by atoms with E-state index in [9.17, 15) is 0 Å². The molecule has 3 rings (SSSR count). The third-order valence-corrected chi connectivity index (χ3v) is 5.29. The van der Waals surface area contributed by atoms with Crippen molar-refractivity contribution in [2.75, 3.05) is 0 Å². The van der Waals surface area contributed by atoms with Crippen LogP contribution in [0.4, 0.5) is 0 Å². The monoisotopic (exact) mass is 853 g/mol. The molecule has 0 aliphatic heterocycles. The Kier molecular flexibility index (Phi) is 29.4. The van der Waals surface area contributed by atoms with E-state index in [0.29, 0.717) is 0 Å². The first kappa shape index (κ1) is 40.8. The molecule has 1 aromatic heterocycles. The SMILES string of the molecule is CCc1[c-]c(C)c(-c2cnc(-c3[c-]c(C)c(CC)cc3)s2)cc1.[Y].[Y].[Y].[Y].[Y].[Y]. The van der Waals surface area contributed by atoms with Crippen LogP contribution < -0.4 is 0 Å². The molecule has 0 fully saturated rings. The molecule has 0 bridgehead atoms. The summed E-state index contributed by atoms with van der Waals surface area (Å²) in [5, 5.41) is 1.03. The Labute approximate surface area is 331 Å². The van der Waals surface area contributed by atoms with Gasteiger partial charge in [-0.1, -0.05) is 40.5 Å². The number of benzene rings is 2. The number of aryl methyl sites for hydroxylation is 4. The van der Waals surface area contributed by atoms with Crippen LogP contribution >= 0.6 is 11.3 Å². The largest absolute Gasteiger partial charge is 0.294 e. The molecule has 0 unspecified atom stereocenters. The van der Waals surface area contributed by atoms with Gasteiger partial charge in [0.2, 0.25) is 0 Å². The summed E-state index contributed by atoms with van der Waals surface area (Å²) < 4.78 is 0. The average molecular weight is 853 g/mol. The van der Waals surface area contributed by atoms with Crippen LogP contribution in [0.25, 0.3) is 21.0 Å². The molecule has 1 nitrogen and oxygen atoms in total. The van der Waals surface area contributed by atoms with Crippen molar-refractivity contribution in [3.8, 4) is 21.0 Å². The number of thiazole rings is 1. The summed E-state index contributed by atoms with van der Waals surface area (Å²) in [4.78, 5) is 5.81. The van der Waals surface area contributed by atoms with Crippen molar-refractivity contribution in [2.45, 2.75) is 40.5 Å². The van der Waals surface area contributed by atoms with Gasteiger partial charge in [0.15, 0.2) is 0 Å². The Morgan fingerprint density at radius 2 is 1.45 bits per heavy atom. The molecule has 0 saturated carbocycles. The molecule has 1 heterocycles. The van der Waals surface area contributed by atoms with Gasteiger partial charge in [0.25, 0.3) is 0 Å². The van der Waals surface area contributed by atoms with Gasteiger partial charge >= 0.3 is 0 Å². The Morgan fingerprint density at radius 3 is 1.97 bits per heavy atom. The van der Waals surface area contributed by atoms with E-state index >= 15 is 0 Å². The van der Waals surface area contributed by atoms with Crippen LogP contribution in [0.15, 0.2) is 30.5 Å². The maximum Gasteiger partial charge on any atom is 0.0396 e. The van der Waals surface area contributed by atoms with Crippen LogP contribution in [0.1, 0.15) is 36.1 Å². The summed E-state index contributed by atoms with van der Waals surface area (Å²) in [6.07, 6.45) is 4.04. The zero-order chi connectivity index (χ0) is 16.4. The van der Waals surface area contributed by atoms with Gasteiger partial charge in [-0.25, -0.2) is 0 Å². The van der Waals surface area contributed by atoms with Gasteiger partial charge in [0.05, 0.1) is 0 Å². The first-order valence-electron chi connectivity index (χ1n) is 8.12. The summed E-state index contributed by atoms with van der Waals surface area (Å²) in [5.41, 5.74) is 7.34. The molecule has 0 aliphatic rings. The van der Waals surface area contributed by atoms with Gasteiger partial charge in [0.1, 0.15) is 0 Å². The minimum Gasteiger partial charge on any atom is -0.294 e. The maximum atomic E-state index is 4.62. The molecule has 136 valence electrons. The summed E-state index contributed by atoms with van der Waals surface area (Å²) in [6.45, 7) is 8.59. The fourth-order valence-corrected chi connectivity index (χ4v) is 3.77. The van der Waals surface area contributed by atoms with Crippen molar-refractivity contribution < 1.29 is 196 Å². The van der Waals surface area contributed by atoms with E-state index in [-0.39, 0.29) is 196 Å². The molecule has 8 heteroatoms. The Morgan fingerprint density at radius 1 is 0.793 bits per heavy atom. The van der Waals surface area contributed by atoms with E-state index < -0.39 is 0 Å². The smallest absolute Gasteiger partial charge is 0.0396 e. The Hall–Kier alpha value is 4.69. The predicted molar refractivity (Wildman–Crippen MR) is 98.9 cm³/mol. The minimum atomic E-state index is 0. The van der Waals surface area contributed by atoms with Crippen molar-refractivity contribution in [1.29, 1.82) is 0 Å². The van der Waals surface area contributed by atoms with Gasteiger partial charge < -0.3 is 0 Å². The van der Waals surface area contributed by atoms with Crippen LogP contribution in [0.5, 0.6) is 0 Å². The van der Waals surface area contributed by atoms with Gasteiger partial charge in [-0.2, -0.15) is 40.7 Å². The molecule has 0 atom stereocenters. The Bertz CT molecular complexity index is 851. The summed E-state index contributed by atoms with van der Waals surface area (Å²) in [7, 11) is 0. The van der Waals surface area contributed by atoms with Crippen molar-refractivity contribution in [2.24, 2.45) is 0 Å². The molecule has 29 heavy (non-hydrogen) atoms. The van der Waals surface area contributed by atoms with Gasteiger partial charge in [-0.15, -0.1) is 40.5 Å². The van der Waals surface area contributed by atoms with Crippen molar-refractivity contribution in [3.63, 3.8) is 0 Å². The number of aromatic nitrogens is 1. The third kappa shape index (κ3) is 11.5. The zero-order valence-corrected chi connectivity index (χ0v) is 35.5. The molecule has 0 amide bonds. The van der Waals surface area contributed by atoms with Crippen molar-refractivity contribution in [1.82, 2.24) is 4.98 Å². The van der Waals surface area contributed by atoms with E-state index in [1.807, 2.05) is 6.20 Å². The molecular weight excluding hydrogens is 832 g/mol. The van der Waals surface area contributed by atoms with Gasteiger partial charge in [0, 0.05) is 207 Å². The summed E-state index contributed by atoms with van der Waals surface area (Å²) in [5.74, 6) is 0. The van der Waals surface area contributed by atoms with Crippen molar-refractivity contribution >= 4 is 11.3 Å². The normalized spacial score (nSPS) is 8.69. The van der Waals surface area contributed by atoms with Crippen LogP contribution in [0.2, 0.25) is 0 Å². The van der Waals surface area contributed by atoms with Crippen LogP contribution in [-0.4, -0.2) is 4.98 Å². The van der Waals surface area contributed by atoms with Gasteiger partial charge in [-0.3, -0.25) is 4.98 Å². The summed E-state index contributed by atoms with van der Waals surface area (Å²) >= 11 is 1.73. The molecule has 3 aromatic rings. The van der Waals surface area contributed by atoms with E-state index in [0.717, 1.165) is 23.4 Å². The number of hydrogen-bond acceptors (Lipinski definition) is 2. The fourth-order valence-electron chi connectivity index (χ4n) is 2.80. The fraction of sp³-hybridized carbons (Fsp3) is 0.286. The van der Waals surface area contributed by atoms with Crippen LogP contribution in [0, 0.1) is 26.0 Å². The minimum absolute atomic E-state index is 0. The quantitative estimate of drug-likeness (QED) is 0.303. The molecule has 0 saturated heterocycles. The number of rotatable bonds is 4. The van der Waals surface area contributed by atoms with E-state index in [1.54, 1.807) is 11.3 Å². The second kappa shape index (κ2) is 20.8. The van der Waals surface area contributed by atoms with Crippen LogP contribution in [-0.2, 0) is 209 Å². The Balaban J connectivity index is -0.000000521. The number of nitrogens with zero attached hydrogens (tertiary/aromatic N) is 1. The second-order valence-corrected chi connectivity index (χ2v) is 6.81. The predicted octanol–water partition coefficient (Wildman–Crippen LogP) is 5.80. The molecule has 0 N–H and O–H groups in total. The maximum absolute atomic E-state index is 4.62. The standard InChI is InChI=1S/C21H21NS.6Y/c1-5-16-7-10-19(15(4)11-16)20-13-22-21(23-20)18-9-8-17(6-2)14(3)12-18;;;;;;/h7-10,13H,5-6H2,1-4H3;;;;;;/q-2;;;;;;. The topological polar surface area (TPSA) is 12.9 Å². The second-order valence-electron chi connectivity index (χ2n) is 5.78. The molecule has 6 radical (unpaired) electrons. The zero-order valence-electron chi connectivity index (χ0n) is 17.6. The first-order valence-corrected chi connectivity index (χ1v) is 8.94. The molecular formula is C21H21NSY6-2. The van der Waals surface area contributed by atoms with Gasteiger partial charge in [-0.05, 0) is 4.88 Å². The van der Waals surface area contributed by atoms with E-state index in [4.69, 9.17) is 0 Å². The van der Waals surface area contributed by atoms with Crippen molar-refractivity contribution in [3.05, 3.63) is 64.8 Å². The van der Waals surface area contributed by atoms with E-state index in [1.165, 1.54) is 32.7 Å².